The van der Waals surface area contributed by atoms with Crippen LogP contribution in [0.2, 0.25) is 0 Å². The number of Topliss-reactive ketones (excluding diaryl/α,β-unsaturated/α-hetero) is 1. The van der Waals surface area contributed by atoms with E-state index < -0.39 is 197 Å². The predicted molar refractivity (Wildman–Crippen MR) is 329 cm³/mol. The molecule has 0 radical (unpaired) electrons. The van der Waals surface area contributed by atoms with Crippen LogP contribution in [0.4, 0.5) is 5.69 Å². The van der Waals surface area contributed by atoms with Gasteiger partial charge < -0.3 is 116 Å². The highest BCUT2D eigenvalue weighted by Gasteiger charge is 2.52. The second-order valence-electron chi connectivity index (χ2n) is 24.4. The molecule has 26 nitrogen and oxygen atoms in total. The number of carboxylic acids is 1. The number of nitrogens with two attached hydrogens (primary N) is 1. The maximum absolute atomic E-state index is 13.4. The number of fused-ring (bicyclic) bond motifs is 2. The Morgan fingerprint density at radius 1 is 0.670 bits per heavy atom. The molecule has 18 N–H and O–H groups in total. The standard InChI is InChI=1S/C65H98N2O24/c1-36-17-15-13-11-9-7-5-6-8-10-12-14-16-18-48(87-63-57(80)55(66)61(38(3)86-63)90-64-59(82)58(81)56(79)52(35-68)88-64)32-51-54(62(83)84)50(77)34-65(85,91-51)33-47(75)29-45(73)27-43(71)25-42(70)26-44(72)28-46(74)31-53(78)89-60(36)37(2)19-24-41(69)30-49(76)39-20-22-40(67-4)23-21-39/h5-18,20-23,36-38,41-48,50-52,54-61,63-64,67-75,77,79-82,85H,19,24-35,66H2,1-4H3,(H,83,84)/t36-,37-,38-,41+,42-,43-,44+,45+,46+,47+,48-,50+,51-,52+,54-,55+,56+,57-,58+,59-,60-,61+,63+,64+,65+/m0/s1. The van der Waals surface area contributed by atoms with E-state index >= 15 is 0 Å². The Bertz CT molecular complexity index is 2580. The van der Waals surface area contributed by atoms with Crippen molar-refractivity contribution in [3.05, 3.63) is 115 Å². The molecule has 3 fully saturated rings. The second kappa shape index (κ2) is 37.8. The molecule has 3 saturated heterocycles. The van der Waals surface area contributed by atoms with Gasteiger partial charge in [-0.2, -0.15) is 0 Å². The Morgan fingerprint density at radius 2 is 1.20 bits per heavy atom. The molecule has 25 atom stereocenters. The van der Waals surface area contributed by atoms with Gasteiger partial charge in [-0.3, -0.25) is 14.4 Å². The van der Waals surface area contributed by atoms with Crippen LogP contribution >= 0.6 is 0 Å². The summed E-state index contributed by atoms with van der Waals surface area (Å²) in [5.74, 6) is -7.31. The molecular weight excluding hydrogens is 1190 g/mol. The Balaban J connectivity index is 1.34. The van der Waals surface area contributed by atoms with Gasteiger partial charge in [0.15, 0.2) is 24.2 Å². The van der Waals surface area contributed by atoms with Crippen LogP contribution in [0.5, 0.6) is 0 Å². The number of cyclic esters (lactones) is 1. The van der Waals surface area contributed by atoms with Gasteiger partial charge in [0.25, 0.3) is 0 Å². The van der Waals surface area contributed by atoms with E-state index in [9.17, 15) is 91.0 Å². The van der Waals surface area contributed by atoms with E-state index in [-0.39, 0.29) is 49.7 Å². The summed E-state index contributed by atoms with van der Waals surface area (Å²) in [6.45, 7) is 4.44. The van der Waals surface area contributed by atoms with E-state index in [1.54, 1.807) is 98.1 Å². The van der Waals surface area contributed by atoms with Crippen molar-refractivity contribution in [3.8, 4) is 0 Å². The molecule has 0 aromatic heterocycles. The smallest absolute Gasteiger partial charge is 0.311 e. The van der Waals surface area contributed by atoms with Gasteiger partial charge in [0.2, 0.25) is 0 Å². The van der Waals surface area contributed by atoms with Gasteiger partial charge in [0.1, 0.15) is 48.6 Å². The van der Waals surface area contributed by atoms with Crippen LogP contribution in [0.3, 0.4) is 0 Å². The van der Waals surface area contributed by atoms with Crippen molar-refractivity contribution < 1.29 is 119 Å². The second-order valence-corrected chi connectivity index (χ2v) is 24.4. The zero-order valence-corrected chi connectivity index (χ0v) is 51.9. The van der Waals surface area contributed by atoms with E-state index in [0.717, 1.165) is 5.69 Å². The molecule has 0 amide bonds. The molecule has 1 aromatic carbocycles. The topological polar surface area (TPSA) is 448 Å². The SMILES string of the molecule is CNc1ccc(C(=O)C[C@H](O)CC[C@H](C)[C@H]2OC(=O)C[C@H](O)C[C@H](O)C[C@@H](O)C[C@H](O)C[C@@H](O)C[C@@H](O)C[C@]3(O)C[C@@H](O)[C@H](C(=O)O)[C@H](C[C@@H](O[C@H]4O[C@@H](C)[C@@H](O[C@H]5O[C@H](CO)[C@@H](O)[C@@H](O)[C@@H]5O)[C@H](N)[C@@H]4O)C=CC=CC=CC=CC=CC=CC=C[C@@H]2C)O3)cc1. The predicted octanol–water partition coefficient (Wildman–Crippen LogP) is 0.362. The zero-order valence-electron chi connectivity index (χ0n) is 51.9. The lowest BCUT2D eigenvalue weighted by Gasteiger charge is -2.47. The van der Waals surface area contributed by atoms with Crippen LogP contribution in [0.1, 0.15) is 108 Å². The molecule has 0 unspecified atom stereocenters. The summed E-state index contributed by atoms with van der Waals surface area (Å²) in [7, 11) is 1.76. The van der Waals surface area contributed by atoms with Crippen molar-refractivity contribution in [2.45, 2.75) is 232 Å². The number of ketones is 1. The number of aliphatic hydroxyl groups is 14. The van der Waals surface area contributed by atoms with Gasteiger partial charge in [-0.1, -0.05) is 98.9 Å². The summed E-state index contributed by atoms with van der Waals surface area (Å²) < 4.78 is 35.6. The summed E-state index contributed by atoms with van der Waals surface area (Å²) >= 11 is 0. The Kier molecular flexibility index (Phi) is 31.9. The van der Waals surface area contributed by atoms with Crippen LogP contribution in [0.15, 0.2) is 109 Å². The zero-order chi connectivity index (χ0) is 67.1. The molecule has 26 heteroatoms. The first-order chi connectivity index (χ1) is 43.1. The van der Waals surface area contributed by atoms with E-state index in [1.165, 1.54) is 19.1 Å². The number of aliphatic hydroxyl groups excluding tert-OH is 13. The molecule has 1 aromatic rings. The molecule has 91 heavy (non-hydrogen) atoms. The number of hydrogen-bond acceptors (Lipinski definition) is 25. The maximum Gasteiger partial charge on any atom is 0.311 e. The monoisotopic (exact) mass is 1290 g/mol. The Hall–Kier alpha value is -4.99. The van der Waals surface area contributed by atoms with Crippen LogP contribution in [0, 0.1) is 17.8 Å². The molecule has 4 aliphatic heterocycles. The van der Waals surface area contributed by atoms with Crippen molar-refractivity contribution in [1.82, 2.24) is 0 Å². The summed E-state index contributed by atoms with van der Waals surface area (Å²) in [6, 6.07) is 5.54. The fraction of sp³-hybridized carbons (Fsp3) is 0.646. The first-order valence-electron chi connectivity index (χ1n) is 31.1. The number of aliphatic carboxylic acids is 1. The molecular formula is C65H98N2O24. The first kappa shape index (κ1) is 76.7. The third-order valence-corrected chi connectivity index (χ3v) is 16.6. The molecule has 5 rings (SSSR count). The maximum atomic E-state index is 13.4. The minimum Gasteiger partial charge on any atom is -0.481 e. The van der Waals surface area contributed by atoms with Crippen LogP contribution in [-0.4, -0.2) is 242 Å². The number of esters is 1. The van der Waals surface area contributed by atoms with Gasteiger partial charge >= 0.3 is 11.9 Å². The lowest BCUT2D eigenvalue weighted by atomic mass is 9.82. The number of carbonyl (C=O) groups is 3. The van der Waals surface area contributed by atoms with E-state index in [2.05, 4.69) is 5.32 Å². The molecule has 512 valence electrons. The fourth-order valence-electron chi connectivity index (χ4n) is 11.7. The number of carbonyl (C=O) groups excluding carboxylic acids is 2. The first-order valence-corrected chi connectivity index (χ1v) is 31.1. The highest BCUT2D eigenvalue weighted by atomic mass is 16.7. The molecule has 0 aliphatic carbocycles. The van der Waals surface area contributed by atoms with Crippen LogP contribution in [-0.2, 0) is 38.0 Å². The average molecular weight is 1290 g/mol. The van der Waals surface area contributed by atoms with Gasteiger partial charge in [-0.15, -0.1) is 0 Å². The van der Waals surface area contributed by atoms with Crippen molar-refractivity contribution >= 4 is 23.4 Å². The summed E-state index contributed by atoms with van der Waals surface area (Å²) in [5.41, 5.74) is 7.76. The van der Waals surface area contributed by atoms with Gasteiger partial charge in [0.05, 0.1) is 86.2 Å². The number of rotatable bonds is 14. The van der Waals surface area contributed by atoms with Crippen molar-refractivity contribution in [1.29, 1.82) is 0 Å². The van der Waals surface area contributed by atoms with E-state index in [4.69, 9.17) is 34.2 Å². The lowest BCUT2D eigenvalue weighted by Crippen LogP contribution is -2.66. The van der Waals surface area contributed by atoms with E-state index in [0.29, 0.717) is 12.0 Å². The summed E-state index contributed by atoms with van der Waals surface area (Å²) in [6.07, 6.45) is -8.62. The normalized spacial score (nSPS) is 38.3. The highest BCUT2D eigenvalue weighted by molar-refractivity contribution is 5.96. The highest BCUT2D eigenvalue weighted by Crippen LogP contribution is 2.39. The molecule has 0 saturated carbocycles. The number of anilines is 1. The molecule has 2 bridgehead atoms. The van der Waals surface area contributed by atoms with Gasteiger partial charge in [-0.05, 0) is 82.1 Å². The number of allylic oxidation sites excluding steroid dienone is 12. The largest absolute Gasteiger partial charge is 0.481 e. The van der Waals surface area contributed by atoms with Crippen molar-refractivity contribution in [2.24, 2.45) is 23.5 Å². The molecule has 0 spiro atoms. The van der Waals surface area contributed by atoms with Crippen molar-refractivity contribution in [2.75, 3.05) is 19.0 Å². The average Bonchev–Trinajstić information content (AvgIpc) is 0.850. The number of benzene rings is 1. The minimum atomic E-state index is -2.41. The third kappa shape index (κ3) is 24.7. The van der Waals surface area contributed by atoms with Gasteiger partial charge in [-0.25, -0.2) is 0 Å². The lowest BCUT2D eigenvalue weighted by molar-refractivity contribution is -0.345. The Labute approximate surface area is 530 Å². The van der Waals surface area contributed by atoms with E-state index in [1.807, 2.05) is 19.9 Å². The number of carboxylic acid groups (broad SMARTS) is 1. The molecule has 4 heterocycles. The molecule has 4 aliphatic rings. The minimum absolute atomic E-state index is 0.113. The van der Waals surface area contributed by atoms with Crippen LogP contribution in [0.25, 0.3) is 0 Å². The number of hydrogen-bond donors (Lipinski definition) is 17. The quantitative estimate of drug-likeness (QED) is 0.0883. The number of nitrogens with one attached hydrogen (secondary N) is 1. The third-order valence-electron chi connectivity index (χ3n) is 16.6. The fourth-order valence-corrected chi connectivity index (χ4v) is 11.7. The Morgan fingerprint density at radius 3 is 1.75 bits per heavy atom. The number of ether oxygens (including phenoxy) is 6. The van der Waals surface area contributed by atoms with Gasteiger partial charge in [0, 0.05) is 49.9 Å². The van der Waals surface area contributed by atoms with Crippen molar-refractivity contribution in [3.63, 3.8) is 0 Å². The van der Waals surface area contributed by atoms with Crippen LogP contribution < -0.4 is 11.1 Å². The summed E-state index contributed by atoms with van der Waals surface area (Å²) in [5, 5.41) is 165. The summed E-state index contributed by atoms with van der Waals surface area (Å²) in [4.78, 5) is 39.1.